The standard InChI is InChI=1S/C61H114O2/c1-4-7-10-13-16-19-22-25-28-31-34-37-40-43-46-49-52-57-55-59(61(62)63)56-58(53-50-47-44-41-38-35-32-29-26-23-20-17-14-11-8-5-2)60(57)54-51-48-45-42-39-36-33-30-27-24-21-18-15-12-9-6-3/h55-56H,4-54H2,1-3H3,(H,62,63). The minimum atomic E-state index is -0.745. The van der Waals surface area contributed by atoms with Crippen molar-refractivity contribution in [1.29, 1.82) is 0 Å². The van der Waals surface area contributed by atoms with Crippen molar-refractivity contribution in [3.63, 3.8) is 0 Å². The minimum Gasteiger partial charge on any atom is -0.478 e. The maximum Gasteiger partial charge on any atom is 0.335 e. The van der Waals surface area contributed by atoms with Crippen LogP contribution in [0.5, 0.6) is 0 Å². The van der Waals surface area contributed by atoms with Crippen LogP contribution in [0.25, 0.3) is 0 Å². The van der Waals surface area contributed by atoms with E-state index in [0.717, 1.165) is 19.3 Å². The van der Waals surface area contributed by atoms with Crippen LogP contribution in [0.2, 0.25) is 0 Å². The third-order valence-corrected chi connectivity index (χ3v) is 14.6. The Hall–Kier alpha value is -1.31. The fraction of sp³-hybridized carbons (Fsp3) is 0.885. The Kier molecular flexibility index (Phi) is 46.1. The number of benzene rings is 1. The van der Waals surface area contributed by atoms with E-state index >= 15 is 0 Å². The third-order valence-electron chi connectivity index (χ3n) is 14.6. The van der Waals surface area contributed by atoms with E-state index in [1.54, 1.807) is 0 Å². The van der Waals surface area contributed by atoms with Crippen LogP contribution in [0.3, 0.4) is 0 Å². The first-order valence-corrected chi connectivity index (χ1v) is 29.5. The number of carbonyl (C=O) groups is 1. The second kappa shape index (κ2) is 48.6. The lowest BCUT2D eigenvalue weighted by Gasteiger charge is -2.17. The molecule has 0 heterocycles. The van der Waals surface area contributed by atoms with Gasteiger partial charge in [0.2, 0.25) is 0 Å². The zero-order valence-corrected chi connectivity index (χ0v) is 43.6. The average Bonchev–Trinajstić information content (AvgIpc) is 3.28. The maximum atomic E-state index is 12.4. The molecule has 1 rings (SSSR count). The van der Waals surface area contributed by atoms with Crippen molar-refractivity contribution in [2.24, 2.45) is 0 Å². The quantitative estimate of drug-likeness (QED) is 0.0662. The van der Waals surface area contributed by atoms with E-state index < -0.39 is 5.97 Å². The van der Waals surface area contributed by atoms with Crippen molar-refractivity contribution in [1.82, 2.24) is 0 Å². The fourth-order valence-electron chi connectivity index (χ4n) is 10.3. The molecule has 1 N–H and O–H groups in total. The van der Waals surface area contributed by atoms with E-state index in [1.165, 1.54) is 325 Å². The molecule has 0 spiro atoms. The summed E-state index contributed by atoms with van der Waals surface area (Å²) in [5.74, 6) is -0.745. The Morgan fingerprint density at radius 3 is 0.651 bits per heavy atom. The summed E-state index contributed by atoms with van der Waals surface area (Å²) in [7, 11) is 0. The van der Waals surface area contributed by atoms with Gasteiger partial charge in [-0.2, -0.15) is 0 Å². The van der Waals surface area contributed by atoms with Gasteiger partial charge in [-0.15, -0.1) is 0 Å². The maximum absolute atomic E-state index is 12.4. The lowest BCUT2D eigenvalue weighted by Crippen LogP contribution is -2.07. The van der Waals surface area contributed by atoms with Crippen LogP contribution in [0, 0.1) is 0 Å². The third kappa shape index (κ3) is 39.6. The lowest BCUT2D eigenvalue weighted by molar-refractivity contribution is 0.0696. The molecule has 0 saturated carbocycles. The van der Waals surface area contributed by atoms with Crippen molar-refractivity contribution in [2.75, 3.05) is 0 Å². The monoisotopic (exact) mass is 879 g/mol. The van der Waals surface area contributed by atoms with Gasteiger partial charge in [0.15, 0.2) is 0 Å². The molecule has 0 aliphatic rings. The van der Waals surface area contributed by atoms with E-state index in [9.17, 15) is 9.90 Å². The molecule has 1 aromatic rings. The second-order valence-electron chi connectivity index (χ2n) is 20.7. The number of unbranched alkanes of at least 4 members (excludes halogenated alkanes) is 45. The second-order valence-corrected chi connectivity index (χ2v) is 20.7. The largest absolute Gasteiger partial charge is 0.478 e. The first-order valence-electron chi connectivity index (χ1n) is 29.5. The molecule has 2 nitrogen and oxygen atoms in total. The van der Waals surface area contributed by atoms with Gasteiger partial charge < -0.3 is 5.11 Å². The molecule has 2 heteroatoms. The van der Waals surface area contributed by atoms with Gasteiger partial charge in [-0.3, -0.25) is 0 Å². The minimum absolute atomic E-state index is 0.531. The predicted molar refractivity (Wildman–Crippen MR) is 283 cm³/mol. The SMILES string of the molecule is CCCCCCCCCCCCCCCCCCc1cc(C(=O)O)cc(CCCCCCCCCCCCCCCCCC)c1CCCCCCCCCCCCCCCCCC. The van der Waals surface area contributed by atoms with E-state index in [1.807, 2.05) is 0 Å². The van der Waals surface area contributed by atoms with Crippen molar-refractivity contribution in [3.05, 3.63) is 34.4 Å². The Morgan fingerprint density at radius 2 is 0.460 bits per heavy atom. The van der Waals surface area contributed by atoms with E-state index in [2.05, 4.69) is 32.9 Å². The first-order chi connectivity index (χ1) is 31.1. The summed E-state index contributed by atoms with van der Waals surface area (Å²) in [5.41, 5.74) is 4.80. The molecule has 0 aliphatic heterocycles. The number of aromatic carboxylic acids is 1. The van der Waals surface area contributed by atoms with E-state index in [0.29, 0.717) is 5.56 Å². The molecule has 0 radical (unpaired) electrons. The lowest BCUT2D eigenvalue weighted by atomic mass is 9.88. The van der Waals surface area contributed by atoms with Gasteiger partial charge in [-0.25, -0.2) is 4.79 Å². The molecule has 1 aromatic carbocycles. The van der Waals surface area contributed by atoms with Crippen LogP contribution in [0.15, 0.2) is 12.1 Å². The molecule has 0 saturated heterocycles. The Labute approximate surface area is 396 Å². The van der Waals surface area contributed by atoms with Crippen LogP contribution in [-0.2, 0) is 19.3 Å². The van der Waals surface area contributed by atoms with Gasteiger partial charge in [0, 0.05) is 0 Å². The zero-order valence-electron chi connectivity index (χ0n) is 43.6. The molecule has 63 heavy (non-hydrogen) atoms. The first kappa shape index (κ1) is 59.7. The molecule has 370 valence electrons. The highest BCUT2D eigenvalue weighted by Crippen LogP contribution is 2.26. The van der Waals surface area contributed by atoms with Gasteiger partial charge in [-0.05, 0) is 67.3 Å². The number of carboxylic acid groups (broad SMARTS) is 1. The van der Waals surface area contributed by atoms with Gasteiger partial charge >= 0.3 is 5.97 Å². The van der Waals surface area contributed by atoms with Crippen molar-refractivity contribution >= 4 is 5.97 Å². The summed E-state index contributed by atoms with van der Waals surface area (Å²) in [6.45, 7) is 6.91. The van der Waals surface area contributed by atoms with E-state index in [4.69, 9.17) is 0 Å². The summed E-state index contributed by atoms with van der Waals surface area (Å²) in [6.07, 6.45) is 70.2. The Bertz CT molecular complexity index is 1020. The van der Waals surface area contributed by atoms with Crippen LogP contribution >= 0.6 is 0 Å². The zero-order chi connectivity index (χ0) is 45.4. The van der Waals surface area contributed by atoms with Gasteiger partial charge in [0.05, 0.1) is 5.56 Å². The molecule has 0 aliphatic carbocycles. The molecule has 0 fully saturated rings. The molecule has 0 bridgehead atoms. The highest BCUT2D eigenvalue weighted by atomic mass is 16.4. The molecule has 0 aromatic heterocycles. The Balaban J connectivity index is 2.48. The number of hydrogen-bond acceptors (Lipinski definition) is 1. The molecular formula is C61H114O2. The van der Waals surface area contributed by atoms with Crippen molar-refractivity contribution in [2.45, 2.75) is 348 Å². The summed E-state index contributed by atoms with van der Waals surface area (Å²) < 4.78 is 0. The smallest absolute Gasteiger partial charge is 0.335 e. The summed E-state index contributed by atoms with van der Waals surface area (Å²) >= 11 is 0. The van der Waals surface area contributed by atoms with E-state index in [-0.39, 0.29) is 0 Å². The summed E-state index contributed by atoms with van der Waals surface area (Å²) in [6, 6.07) is 4.15. The number of carboxylic acids is 1. The molecule has 0 unspecified atom stereocenters. The molecule has 0 amide bonds. The van der Waals surface area contributed by atoms with Crippen LogP contribution in [-0.4, -0.2) is 11.1 Å². The van der Waals surface area contributed by atoms with Gasteiger partial charge in [0.25, 0.3) is 0 Å². The number of rotatable bonds is 52. The van der Waals surface area contributed by atoms with Crippen molar-refractivity contribution < 1.29 is 9.90 Å². The van der Waals surface area contributed by atoms with Crippen LogP contribution in [0.1, 0.15) is 356 Å². The molecular weight excluding hydrogens is 765 g/mol. The number of hydrogen-bond donors (Lipinski definition) is 1. The predicted octanol–water partition coefficient (Wildman–Crippen LogP) is 21.8. The van der Waals surface area contributed by atoms with Gasteiger partial charge in [-0.1, -0.05) is 310 Å². The van der Waals surface area contributed by atoms with Gasteiger partial charge in [0.1, 0.15) is 0 Å². The molecule has 0 atom stereocenters. The van der Waals surface area contributed by atoms with Crippen molar-refractivity contribution in [3.8, 4) is 0 Å². The summed E-state index contributed by atoms with van der Waals surface area (Å²) in [5, 5.41) is 10.2. The average molecular weight is 880 g/mol. The fourth-order valence-corrected chi connectivity index (χ4v) is 10.3. The number of aryl methyl sites for hydroxylation is 2. The normalized spacial score (nSPS) is 11.6. The topological polar surface area (TPSA) is 37.3 Å². The summed E-state index contributed by atoms with van der Waals surface area (Å²) in [4.78, 5) is 12.4. The highest BCUT2D eigenvalue weighted by molar-refractivity contribution is 5.88. The van der Waals surface area contributed by atoms with Crippen LogP contribution < -0.4 is 0 Å². The highest BCUT2D eigenvalue weighted by Gasteiger charge is 2.15. The Morgan fingerprint density at radius 1 is 0.286 bits per heavy atom. The van der Waals surface area contributed by atoms with Crippen LogP contribution in [0.4, 0.5) is 0 Å².